The van der Waals surface area contributed by atoms with Crippen LogP contribution in [0.1, 0.15) is 129 Å². The zero-order valence-corrected chi connectivity index (χ0v) is 21.5. The van der Waals surface area contributed by atoms with Crippen LogP contribution in [0, 0.1) is 0 Å². The minimum Gasteiger partial charge on any atom is -1.00 e. The normalized spacial score (nSPS) is 9.50. The van der Waals surface area contributed by atoms with Crippen molar-refractivity contribution in [2.75, 3.05) is 0 Å². The van der Waals surface area contributed by atoms with Crippen LogP contribution >= 0.6 is 0 Å². The average Bonchev–Trinajstić information content (AvgIpc) is 2.60. The molecule has 0 atom stereocenters. The van der Waals surface area contributed by atoms with Crippen LogP contribution < -0.4 is 22.6 Å². The molecule has 0 bridgehead atoms. The molecule has 0 rings (SSSR count). The summed E-state index contributed by atoms with van der Waals surface area (Å²) in [5, 5.41) is 20.1. The van der Waals surface area contributed by atoms with E-state index in [9.17, 15) is 19.8 Å². The first kappa shape index (κ1) is 35.3. The monoisotopic (exact) mass is 474 g/mol. The third-order valence-corrected chi connectivity index (χ3v) is 4.47. The van der Waals surface area contributed by atoms with Gasteiger partial charge in [-0.05, 0) is 25.7 Å². The second-order valence-corrected chi connectivity index (χ2v) is 7.19. The van der Waals surface area contributed by atoms with Gasteiger partial charge in [0, 0.05) is 11.9 Å². The largest absolute Gasteiger partial charge is 3.00 e. The third-order valence-electron chi connectivity index (χ3n) is 4.47. The Morgan fingerprint density at radius 1 is 0.500 bits per heavy atom. The maximum Gasteiger partial charge on any atom is 3.00 e. The van der Waals surface area contributed by atoms with Crippen molar-refractivity contribution in [1.82, 2.24) is 0 Å². The first-order valence-electron chi connectivity index (χ1n) is 10.9. The minimum absolute atomic E-state index is 0. The van der Waals surface area contributed by atoms with E-state index in [0.29, 0.717) is 0 Å². The summed E-state index contributed by atoms with van der Waals surface area (Å²) < 4.78 is 0. The van der Waals surface area contributed by atoms with E-state index in [1.807, 2.05) is 0 Å². The fraction of sp³-hybridized carbons (Fsp3) is 0.909. The summed E-state index contributed by atoms with van der Waals surface area (Å²) in [6.07, 6.45) is 19.5. The predicted molar refractivity (Wildman–Crippen MR) is 110 cm³/mol. The molecular weight excluding hydrogens is 433 g/mol. The van der Waals surface area contributed by atoms with Crippen molar-refractivity contribution < 1.29 is 32.2 Å². The first-order chi connectivity index (χ1) is 12.5. The number of aliphatic carboxylic acids is 2. The molecule has 0 aliphatic rings. The molecule has 0 aromatic heterocycles. The molecule has 0 unspecified atom stereocenters. The zero-order valence-electron chi connectivity index (χ0n) is 18.3. The van der Waals surface area contributed by atoms with E-state index < -0.39 is 11.9 Å². The Hall–Kier alpha value is -0.134. The molecule has 6 heteroatoms. The van der Waals surface area contributed by atoms with Crippen molar-refractivity contribution in [3.05, 3.63) is 0 Å². The van der Waals surface area contributed by atoms with Gasteiger partial charge in [-0.1, -0.05) is 104 Å². The number of halogens is 1. The number of hydrogen-bond donors (Lipinski definition) is 0. The van der Waals surface area contributed by atoms with Gasteiger partial charge in [0.25, 0.3) is 0 Å². The van der Waals surface area contributed by atoms with Gasteiger partial charge in [0.2, 0.25) is 0 Å². The van der Waals surface area contributed by atoms with Crippen LogP contribution in [0.15, 0.2) is 0 Å². The third kappa shape index (κ3) is 40.5. The molecule has 0 saturated carbocycles. The van der Waals surface area contributed by atoms with Gasteiger partial charge < -0.3 is 32.2 Å². The van der Waals surface area contributed by atoms with Crippen molar-refractivity contribution in [3.63, 3.8) is 0 Å². The van der Waals surface area contributed by atoms with Gasteiger partial charge in [0.15, 0.2) is 0 Å². The summed E-state index contributed by atoms with van der Waals surface area (Å²) in [4.78, 5) is 20.1. The fourth-order valence-corrected chi connectivity index (χ4v) is 2.81. The Kier molecular flexibility index (Phi) is 39.8. The maximum absolute atomic E-state index is 10.1. The van der Waals surface area contributed by atoms with Crippen LogP contribution in [0.5, 0.6) is 0 Å². The Balaban J connectivity index is -0.000000192. The predicted octanol–water partition coefficient (Wildman–Crippen LogP) is 1.16. The zero-order chi connectivity index (χ0) is 19.9. The molecule has 0 radical (unpaired) electrons. The number of hydrogen-bond acceptors (Lipinski definition) is 4. The van der Waals surface area contributed by atoms with Crippen molar-refractivity contribution >= 4 is 31.7 Å². The van der Waals surface area contributed by atoms with Gasteiger partial charge in [-0.15, -0.1) is 0 Å². The summed E-state index contributed by atoms with van der Waals surface area (Å²) in [6.45, 7) is 4.42. The molecule has 0 heterocycles. The minimum atomic E-state index is -0.911. The van der Waals surface area contributed by atoms with Gasteiger partial charge >= 0.3 is 19.8 Å². The van der Waals surface area contributed by atoms with Gasteiger partial charge in [-0.2, -0.15) is 0 Å². The number of unbranched alkanes of at least 4 members (excludes halogenated alkanes) is 14. The number of rotatable bonds is 18. The fourth-order valence-electron chi connectivity index (χ4n) is 2.81. The van der Waals surface area contributed by atoms with Gasteiger partial charge in [-0.3, -0.25) is 0 Å². The molecule has 28 heavy (non-hydrogen) atoms. The Labute approximate surface area is 193 Å². The average molecular weight is 476 g/mol. The smallest absolute Gasteiger partial charge is 1.00 e. The van der Waals surface area contributed by atoms with Crippen LogP contribution in [0.3, 0.4) is 0 Å². The Bertz CT molecular complexity index is 285. The molecule has 0 fully saturated rings. The molecule has 0 amide bonds. The van der Waals surface area contributed by atoms with Gasteiger partial charge in [0.1, 0.15) is 0 Å². The molecule has 0 spiro atoms. The standard InChI is InChI=1S/2C11H22O2.ClH.Ga/c2*1-2-3-4-5-6-7-8-9-10-11(12)13;;/h2*2-10H2,1H3,(H,12,13);1H;/q;;;+3/p-3. The topological polar surface area (TPSA) is 80.3 Å². The number of carboxylic acids is 2. The summed E-state index contributed by atoms with van der Waals surface area (Å²) in [5.74, 6) is -1.82. The summed E-state index contributed by atoms with van der Waals surface area (Å²) in [6, 6.07) is 0. The van der Waals surface area contributed by atoms with Crippen LogP contribution in [0.2, 0.25) is 0 Å². The molecule has 0 saturated heterocycles. The van der Waals surface area contributed by atoms with E-state index in [1.54, 1.807) is 0 Å². The summed E-state index contributed by atoms with van der Waals surface area (Å²) >= 11 is 0. The van der Waals surface area contributed by atoms with E-state index in [4.69, 9.17) is 0 Å². The van der Waals surface area contributed by atoms with Crippen molar-refractivity contribution in [2.45, 2.75) is 129 Å². The van der Waals surface area contributed by atoms with E-state index in [1.165, 1.54) is 77.0 Å². The van der Waals surface area contributed by atoms with E-state index in [-0.39, 0.29) is 45.0 Å². The first-order valence-corrected chi connectivity index (χ1v) is 10.9. The van der Waals surface area contributed by atoms with E-state index in [2.05, 4.69) is 13.8 Å². The number of carbonyl (C=O) groups is 2. The van der Waals surface area contributed by atoms with Crippen LogP contribution in [0.25, 0.3) is 0 Å². The van der Waals surface area contributed by atoms with Crippen LogP contribution in [0.4, 0.5) is 0 Å². The SMILES string of the molecule is CCCCCCCCCCC(=O)[O-].CCCCCCCCCCC(=O)[O-].[Cl-].[Ga+3]. The second-order valence-electron chi connectivity index (χ2n) is 7.19. The molecule has 4 nitrogen and oxygen atoms in total. The quantitative estimate of drug-likeness (QED) is 0.220. The van der Waals surface area contributed by atoms with Crippen molar-refractivity contribution in [1.29, 1.82) is 0 Å². The van der Waals surface area contributed by atoms with E-state index in [0.717, 1.165) is 25.7 Å². The molecule has 0 aliphatic heterocycles. The Morgan fingerprint density at radius 3 is 0.929 bits per heavy atom. The summed E-state index contributed by atoms with van der Waals surface area (Å²) in [5.41, 5.74) is 0. The Morgan fingerprint density at radius 2 is 0.714 bits per heavy atom. The van der Waals surface area contributed by atoms with Crippen molar-refractivity contribution in [2.24, 2.45) is 0 Å². The van der Waals surface area contributed by atoms with Gasteiger partial charge in [-0.25, -0.2) is 0 Å². The number of carbonyl (C=O) groups excluding carboxylic acids is 2. The van der Waals surface area contributed by atoms with Gasteiger partial charge in [0.05, 0.1) is 0 Å². The number of carboxylic acid groups (broad SMARTS) is 2. The summed E-state index contributed by atoms with van der Waals surface area (Å²) in [7, 11) is 0. The van der Waals surface area contributed by atoms with E-state index >= 15 is 0 Å². The maximum atomic E-state index is 10.1. The van der Waals surface area contributed by atoms with Crippen LogP contribution in [-0.4, -0.2) is 31.7 Å². The molecular formula is C22H42ClGaO4. The molecule has 0 aliphatic carbocycles. The van der Waals surface area contributed by atoms with Crippen LogP contribution in [-0.2, 0) is 9.59 Å². The van der Waals surface area contributed by atoms with Crippen molar-refractivity contribution in [3.8, 4) is 0 Å². The molecule has 0 aromatic rings. The molecule has 164 valence electrons. The second kappa shape index (κ2) is 31.6. The molecule has 0 aromatic carbocycles. The molecule has 0 N–H and O–H groups in total.